The molecule has 1 aromatic heterocycles. The molecule has 1 amide bonds. The Kier molecular flexibility index (Phi) is 7.94. The van der Waals surface area contributed by atoms with Gasteiger partial charge in [0.1, 0.15) is 5.01 Å². The second-order valence-corrected chi connectivity index (χ2v) is 9.50. The van der Waals surface area contributed by atoms with Gasteiger partial charge in [0, 0.05) is 19.0 Å². The highest BCUT2D eigenvalue weighted by Crippen LogP contribution is 2.29. The average molecular weight is 445 g/mol. The third kappa shape index (κ3) is 4.89. The van der Waals surface area contributed by atoms with Gasteiger partial charge in [-0.05, 0) is 31.0 Å². The second-order valence-electron chi connectivity index (χ2n) is 6.14. The minimum Gasteiger partial charge on any atom is -0.296 e. The molecule has 0 radical (unpaired) electrons. The molecule has 0 atom stereocenters. The lowest BCUT2D eigenvalue weighted by Gasteiger charge is -2.19. The maximum atomic E-state index is 12.7. The number of hydrogen-bond donors (Lipinski definition) is 1. The van der Waals surface area contributed by atoms with Gasteiger partial charge in [-0.3, -0.25) is 10.1 Å². The van der Waals surface area contributed by atoms with Gasteiger partial charge in [-0.15, -0.1) is 10.2 Å². The number of nitrogens with zero attached hydrogens (tertiary/aromatic N) is 3. The van der Waals surface area contributed by atoms with E-state index in [0.717, 1.165) is 17.8 Å². The quantitative estimate of drug-likeness (QED) is 0.619. The van der Waals surface area contributed by atoms with Gasteiger partial charge in [0.15, 0.2) is 0 Å². The van der Waals surface area contributed by atoms with Crippen LogP contribution in [0.5, 0.6) is 0 Å². The number of benzene rings is 1. The van der Waals surface area contributed by atoms with Crippen LogP contribution in [0, 0.1) is 0 Å². The van der Waals surface area contributed by atoms with E-state index in [1.54, 1.807) is 13.8 Å². The summed E-state index contributed by atoms with van der Waals surface area (Å²) in [5.41, 5.74) is 0.0779. The number of halogens is 1. The van der Waals surface area contributed by atoms with Gasteiger partial charge in [-0.1, -0.05) is 50.6 Å². The number of carbonyl (C=O) groups is 1. The minimum absolute atomic E-state index is 0.0285. The van der Waals surface area contributed by atoms with Crippen LogP contribution in [0.4, 0.5) is 5.13 Å². The highest BCUT2D eigenvalue weighted by molar-refractivity contribution is 7.89. The molecular weight excluding hydrogens is 420 g/mol. The summed E-state index contributed by atoms with van der Waals surface area (Å²) in [7, 11) is -3.69. The summed E-state index contributed by atoms with van der Waals surface area (Å²) in [6.07, 6.45) is 1.88. The third-order valence-corrected chi connectivity index (χ3v) is 7.90. The van der Waals surface area contributed by atoms with Crippen LogP contribution >= 0.6 is 22.9 Å². The molecule has 1 heterocycles. The fourth-order valence-corrected chi connectivity index (χ4v) is 5.50. The Morgan fingerprint density at radius 2 is 1.82 bits per heavy atom. The summed E-state index contributed by atoms with van der Waals surface area (Å²) < 4.78 is 26.8. The van der Waals surface area contributed by atoms with Crippen LogP contribution < -0.4 is 5.32 Å². The van der Waals surface area contributed by atoms with Gasteiger partial charge >= 0.3 is 0 Å². The zero-order valence-corrected chi connectivity index (χ0v) is 18.8. The van der Waals surface area contributed by atoms with E-state index >= 15 is 0 Å². The predicted octanol–water partition coefficient (Wildman–Crippen LogP) is 4.38. The molecule has 0 unspecified atom stereocenters. The molecule has 154 valence electrons. The van der Waals surface area contributed by atoms with Crippen LogP contribution in [0.15, 0.2) is 23.1 Å². The molecule has 0 bridgehead atoms. The monoisotopic (exact) mass is 444 g/mol. The van der Waals surface area contributed by atoms with Gasteiger partial charge in [-0.2, -0.15) is 4.31 Å². The molecule has 0 fully saturated rings. The van der Waals surface area contributed by atoms with E-state index in [9.17, 15) is 13.2 Å². The predicted molar refractivity (Wildman–Crippen MR) is 113 cm³/mol. The average Bonchev–Trinajstić information content (AvgIpc) is 3.11. The first-order chi connectivity index (χ1) is 13.3. The van der Waals surface area contributed by atoms with E-state index in [-0.39, 0.29) is 15.5 Å². The summed E-state index contributed by atoms with van der Waals surface area (Å²) in [4.78, 5) is 12.7. The van der Waals surface area contributed by atoms with Crippen LogP contribution in [0.25, 0.3) is 0 Å². The summed E-state index contributed by atoms with van der Waals surface area (Å²) >= 11 is 7.47. The molecule has 0 aliphatic carbocycles. The van der Waals surface area contributed by atoms with Crippen molar-refractivity contribution in [2.45, 2.75) is 51.3 Å². The van der Waals surface area contributed by atoms with Crippen molar-refractivity contribution in [3.8, 4) is 0 Å². The number of rotatable bonds is 9. The first kappa shape index (κ1) is 22.7. The number of aromatic nitrogens is 2. The zero-order chi connectivity index (χ0) is 20.9. The molecule has 2 aromatic rings. The molecule has 1 aromatic carbocycles. The van der Waals surface area contributed by atoms with E-state index in [2.05, 4.69) is 29.4 Å². The molecule has 28 heavy (non-hydrogen) atoms. The molecule has 0 saturated heterocycles. The Balaban J connectivity index is 2.29. The number of hydrogen-bond acceptors (Lipinski definition) is 6. The standard InChI is InChI=1S/C18H25ClN4O3S2/c1-5-12(6-2)17-21-22-18(27-17)20-16(24)14-11-13(9-10-15(14)19)28(25,26)23(7-3)8-4/h9-12H,5-8H2,1-4H3,(H,20,22,24). The van der Waals surface area contributed by atoms with Crippen molar-refractivity contribution >= 4 is 44.0 Å². The first-order valence-corrected chi connectivity index (χ1v) is 11.9. The summed E-state index contributed by atoms with van der Waals surface area (Å²) in [5, 5.41) is 12.2. The number of amides is 1. The second kappa shape index (κ2) is 9.78. The van der Waals surface area contributed by atoms with Crippen molar-refractivity contribution in [2.75, 3.05) is 18.4 Å². The molecule has 0 aliphatic heterocycles. The Labute approximate surface area is 175 Å². The largest absolute Gasteiger partial charge is 0.296 e. The molecule has 10 heteroatoms. The first-order valence-electron chi connectivity index (χ1n) is 9.22. The Morgan fingerprint density at radius 3 is 2.39 bits per heavy atom. The van der Waals surface area contributed by atoms with Crippen molar-refractivity contribution < 1.29 is 13.2 Å². The molecular formula is C18H25ClN4O3S2. The van der Waals surface area contributed by atoms with E-state index in [0.29, 0.717) is 24.1 Å². The fourth-order valence-electron chi connectivity index (χ4n) is 2.80. The number of sulfonamides is 1. The van der Waals surface area contributed by atoms with Crippen molar-refractivity contribution in [3.05, 3.63) is 33.8 Å². The maximum absolute atomic E-state index is 12.7. The highest BCUT2D eigenvalue weighted by atomic mass is 35.5. The van der Waals surface area contributed by atoms with Gasteiger partial charge in [-0.25, -0.2) is 8.42 Å². The maximum Gasteiger partial charge on any atom is 0.259 e. The molecule has 7 nitrogen and oxygen atoms in total. The highest BCUT2D eigenvalue weighted by Gasteiger charge is 2.24. The SMILES string of the molecule is CCC(CC)c1nnc(NC(=O)c2cc(S(=O)(=O)N(CC)CC)ccc2Cl)s1. The lowest BCUT2D eigenvalue weighted by Crippen LogP contribution is -2.30. The zero-order valence-electron chi connectivity index (χ0n) is 16.4. The minimum atomic E-state index is -3.69. The third-order valence-electron chi connectivity index (χ3n) is 4.52. The summed E-state index contributed by atoms with van der Waals surface area (Å²) in [6, 6.07) is 4.12. The van der Waals surface area contributed by atoms with Crippen LogP contribution in [-0.4, -0.2) is 41.9 Å². The Hall–Kier alpha value is -1.55. The van der Waals surface area contributed by atoms with Crippen LogP contribution in [0.1, 0.15) is 61.8 Å². The Bertz CT molecular complexity index is 923. The smallest absolute Gasteiger partial charge is 0.259 e. The van der Waals surface area contributed by atoms with E-state index in [1.807, 2.05) is 0 Å². The van der Waals surface area contributed by atoms with E-state index < -0.39 is 15.9 Å². The number of carbonyl (C=O) groups excluding carboxylic acids is 1. The normalized spacial score (nSPS) is 12.0. The molecule has 2 rings (SSSR count). The van der Waals surface area contributed by atoms with Crippen molar-refractivity contribution in [1.82, 2.24) is 14.5 Å². The van der Waals surface area contributed by atoms with Gasteiger partial charge in [0.05, 0.1) is 15.5 Å². The molecule has 0 aliphatic rings. The van der Waals surface area contributed by atoms with Crippen molar-refractivity contribution in [3.63, 3.8) is 0 Å². The number of anilines is 1. The lowest BCUT2D eigenvalue weighted by molar-refractivity contribution is 0.102. The molecule has 0 saturated carbocycles. The van der Waals surface area contributed by atoms with E-state index in [1.165, 1.54) is 33.8 Å². The lowest BCUT2D eigenvalue weighted by atomic mass is 10.1. The number of nitrogens with one attached hydrogen (secondary N) is 1. The topological polar surface area (TPSA) is 92.3 Å². The van der Waals surface area contributed by atoms with Crippen LogP contribution in [0.2, 0.25) is 5.02 Å². The molecule has 0 spiro atoms. The fraction of sp³-hybridized carbons (Fsp3) is 0.500. The molecule has 1 N–H and O–H groups in total. The van der Waals surface area contributed by atoms with Crippen LogP contribution in [-0.2, 0) is 10.0 Å². The van der Waals surface area contributed by atoms with Crippen LogP contribution in [0.3, 0.4) is 0 Å². The van der Waals surface area contributed by atoms with E-state index in [4.69, 9.17) is 11.6 Å². The Morgan fingerprint density at radius 1 is 1.18 bits per heavy atom. The van der Waals surface area contributed by atoms with Crippen molar-refractivity contribution in [1.29, 1.82) is 0 Å². The van der Waals surface area contributed by atoms with Gasteiger partial charge in [0.25, 0.3) is 5.91 Å². The van der Waals surface area contributed by atoms with Gasteiger partial charge in [0.2, 0.25) is 15.2 Å². The summed E-state index contributed by atoms with van der Waals surface area (Å²) in [5.74, 6) is -0.219. The van der Waals surface area contributed by atoms with Gasteiger partial charge < -0.3 is 0 Å². The summed E-state index contributed by atoms with van der Waals surface area (Å²) in [6.45, 7) is 8.36. The van der Waals surface area contributed by atoms with Crippen molar-refractivity contribution in [2.24, 2.45) is 0 Å².